The van der Waals surface area contributed by atoms with Crippen molar-refractivity contribution in [2.75, 3.05) is 12.3 Å². The van der Waals surface area contributed by atoms with Crippen LogP contribution in [0.25, 0.3) is 0 Å². The number of carbonyl (C=O) groups excluding carboxylic acids is 2. The molecule has 0 spiro atoms. The lowest BCUT2D eigenvalue weighted by molar-refractivity contribution is -0.222. The van der Waals surface area contributed by atoms with Crippen LogP contribution in [0.2, 0.25) is 0 Å². The number of carbonyl (C=O) groups is 2. The van der Waals surface area contributed by atoms with Gasteiger partial charge in [-0.1, -0.05) is 30.3 Å². The lowest BCUT2D eigenvalue weighted by atomic mass is 10.2. The van der Waals surface area contributed by atoms with Gasteiger partial charge >= 0.3 is 11.9 Å². The minimum absolute atomic E-state index is 0.0185. The molecule has 6 heteroatoms. The third-order valence-electron chi connectivity index (χ3n) is 3.61. The van der Waals surface area contributed by atoms with Gasteiger partial charge in [0.15, 0.2) is 5.57 Å². The average molecular weight is 333 g/mol. The van der Waals surface area contributed by atoms with Gasteiger partial charge in [-0.25, -0.2) is 9.59 Å². The molecule has 2 aliphatic heterocycles. The van der Waals surface area contributed by atoms with E-state index in [0.717, 1.165) is 24.3 Å². The van der Waals surface area contributed by atoms with Gasteiger partial charge in [-0.2, -0.15) is 0 Å². The van der Waals surface area contributed by atoms with Crippen LogP contribution in [0.4, 0.5) is 0 Å². The van der Waals surface area contributed by atoms with Gasteiger partial charge in [-0.3, -0.25) is 0 Å². The highest BCUT2D eigenvalue weighted by Crippen LogP contribution is 2.35. The van der Waals surface area contributed by atoms with Crippen LogP contribution in [0.15, 0.2) is 40.9 Å². The molecule has 0 atom stereocenters. The second-order valence-corrected chi connectivity index (χ2v) is 7.05. The lowest BCUT2D eigenvalue weighted by Gasteiger charge is -2.35. The van der Waals surface area contributed by atoms with Crippen LogP contribution in [0.3, 0.4) is 0 Å². The lowest BCUT2D eigenvalue weighted by Crippen LogP contribution is -2.43. The molecule has 2 heterocycles. The van der Waals surface area contributed by atoms with E-state index < -0.39 is 17.7 Å². The first-order valence-electron chi connectivity index (χ1n) is 7.59. The monoisotopic (exact) mass is 333 g/mol. The molecule has 0 N–H and O–H groups in total. The SMILES string of the molecule is CC1(C)OC(=O)C(=C2SCCCN2Cc2ccccc2)C(=O)O1. The Morgan fingerprint density at radius 2 is 1.78 bits per heavy atom. The molecular formula is C17H19NO4S. The van der Waals surface area contributed by atoms with Crippen LogP contribution in [-0.4, -0.2) is 34.9 Å². The fraction of sp³-hybridized carbons (Fsp3) is 0.412. The third-order valence-corrected chi connectivity index (χ3v) is 4.84. The highest BCUT2D eigenvalue weighted by atomic mass is 32.2. The number of benzene rings is 1. The Morgan fingerprint density at radius 1 is 1.13 bits per heavy atom. The van der Waals surface area contributed by atoms with Crippen molar-refractivity contribution in [3.8, 4) is 0 Å². The summed E-state index contributed by atoms with van der Waals surface area (Å²) in [6, 6.07) is 9.98. The molecule has 0 radical (unpaired) electrons. The molecule has 1 aromatic rings. The van der Waals surface area contributed by atoms with E-state index in [1.165, 1.54) is 11.8 Å². The molecule has 1 aromatic carbocycles. The average Bonchev–Trinajstić information content (AvgIpc) is 2.48. The van der Waals surface area contributed by atoms with Gasteiger partial charge in [-0.05, 0) is 12.0 Å². The summed E-state index contributed by atoms with van der Waals surface area (Å²) < 4.78 is 10.5. The second-order valence-electron chi connectivity index (χ2n) is 5.97. The summed E-state index contributed by atoms with van der Waals surface area (Å²) in [5.41, 5.74) is 1.15. The van der Waals surface area contributed by atoms with Crippen molar-refractivity contribution < 1.29 is 19.1 Å². The molecular weight excluding hydrogens is 314 g/mol. The number of nitrogens with zero attached hydrogens (tertiary/aromatic N) is 1. The van der Waals surface area contributed by atoms with Crippen LogP contribution >= 0.6 is 11.8 Å². The Kier molecular flexibility index (Phi) is 4.35. The number of hydrogen-bond donors (Lipinski definition) is 0. The molecule has 0 aliphatic carbocycles. The number of thioether (sulfide) groups is 1. The highest BCUT2D eigenvalue weighted by Gasteiger charge is 2.42. The summed E-state index contributed by atoms with van der Waals surface area (Å²) in [6.07, 6.45) is 1.00. The van der Waals surface area contributed by atoms with Gasteiger partial charge in [0.1, 0.15) is 0 Å². The summed E-state index contributed by atoms with van der Waals surface area (Å²) in [7, 11) is 0. The molecule has 0 bridgehead atoms. The molecule has 2 fully saturated rings. The van der Waals surface area contributed by atoms with E-state index in [1.54, 1.807) is 13.8 Å². The van der Waals surface area contributed by atoms with E-state index in [0.29, 0.717) is 11.6 Å². The second kappa shape index (κ2) is 6.28. The summed E-state index contributed by atoms with van der Waals surface area (Å²) >= 11 is 1.51. The minimum Gasteiger partial charge on any atom is -0.419 e. The van der Waals surface area contributed by atoms with E-state index in [-0.39, 0.29) is 5.57 Å². The van der Waals surface area contributed by atoms with Crippen molar-refractivity contribution in [2.45, 2.75) is 32.6 Å². The van der Waals surface area contributed by atoms with E-state index in [4.69, 9.17) is 9.47 Å². The van der Waals surface area contributed by atoms with Crippen molar-refractivity contribution in [1.29, 1.82) is 0 Å². The van der Waals surface area contributed by atoms with E-state index in [2.05, 4.69) is 4.90 Å². The van der Waals surface area contributed by atoms with Gasteiger partial charge in [0.05, 0.1) is 5.03 Å². The smallest absolute Gasteiger partial charge is 0.351 e. The number of cyclic esters (lactones) is 2. The number of rotatable bonds is 2. The molecule has 2 saturated heterocycles. The Morgan fingerprint density at radius 3 is 2.43 bits per heavy atom. The first kappa shape index (κ1) is 15.9. The zero-order chi connectivity index (χ0) is 16.4. The van der Waals surface area contributed by atoms with Crippen molar-refractivity contribution in [2.24, 2.45) is 0 Å². The van der Waals surface area contributed by atoms with Gasteiger partial charge in [-0.15, -0.1) is 11.8 Å². The van der Waals surface area contributed by atoms with E-state index in [1.807, 2.05) is 30.3 Å². The maximum atomic E-state index is 12.3. The normalized spacial score (nSPS) is 21.0. The third kappa shape index (κ3) is 3.52. The zero-order valence-electron chi connectivity index (χ0n) is 13.2. The van der Waals surface area contributed by atoms with E-state index in [9.17, 15) is 9.59 Å². The Labute approximate surface area is 139 Å². The molecule has 23 heavy (non-hydrogen) atoms. The van der Waals surface area contributed by atoms with Crippen molar-refractivity contribution >= 4 is 23.7 Å². The molecule has 0 saturated carbocycles. The Bertz CT molecular complexity index is 632. The summed E-state index contributed by atoms with van der Waals surface area (Å²) in [5, 5.41) is 0.658. The van der Waals surface area contributed by atoms with Crippen LogP contribution in [-0.2, 0) is 25.6 Å². The molecule has 0 aromatic heterocycles. The molecule has 3 rings (SSSR count). The molecule has 2 aliphatic rings. The van der Waals surface area contributed by atoms with Gasteiger partial charge in [0, 0.05) is 32.7 Å². The standard InChI is InChI=1S/C17H19NO4S/c1-17(2)21-15(19)13(16(20)22-17)14-18(9-6-10-23-14)11-12-7-4-3-5-8-12/h3-5,7-8H,6,9-11H2,1-2H3. The summed E-state index contributed by atoms with van der Waals surface area (Å²) in [4.78, 5) is 26.6. The molecule has 0 amide bonds. The predicted octanol–water partition coefficient (Wildman–Crippen LogP) is 2.67. The maximum absolute atomic E-state index is 12.3. The summed E-state index contributed by atoms with van der Waals surface area (Å²) in [5.74, 6) is -1.54. The number of hydrogen-bond acceptors (Lipinski definition) is 6. The van der Waals surface area contributed by atoms with E-state index >= 15 is 0 Å². The van der Waals surface area contributed by atoms with Crippen LogP contribution in [0, 0.1) is 0 Å². The van der Waals surface area contributed by atoms with Crippen LogP contribution in [0.1, 0.15) is 25.8 Å². The largest absolute Gasteiger partial charge is 0.419 e. The predicted molar refractivity (Wildman–Crippen MR) is 87.2 cm³/mol. The molecule has 5 nitrogen and oxygen atoms in total. The topological polar surface area (TPSA) is 55.8 Å². The van der Waals surface area contributed by atoms with Crippen LogP contribution < -0.4 is 0 Å². The first-order chi connectivity index (χ1) is 11.0. The highest BCUT2D eigenvalue weighted by molar-refractivity contribution is 8.03. The maximum Gasteiger partial charge on any atom is 0.351 e. The minimum atomic E-state index is -1.21. The van der Waals surface area contributed by atoms with Gasteiger partial charge in [0.25, 0.3) is 5.79 Å². The summed E-state index contributed by atoms with van der Waals surface area (Å²) in [6.45, 7) is 4.56. The Hall–Kier alpha value is -1.95. The van der Waals surface area contributed by atoms with Gasteiger partial charge < -0.3 is 14.4 Å². The van der Waals surface area contributed by atoms with Crippen molar-refractivity contribution in [3.63, 3.8) is 0 Å². The zero-order valence-corrected chi connectivity index (χ0v) is 14.0. The molecule has 0 unspecified atom stereocenters. The van der Waals surface area contributed by atoms with Crippen LogP contribution in [0.5, 0.6) is 0 Å². The fourth-order valence-electron chi connectivity index (χ4n) is 2.63. The fourth-order valence-corrected chi connectivity index (χ4v) is 3.75. The Balaban J connectivity index is 1.91. The number of esters is 2. The first-order valence-corrected chi connectivity index (χ1v) is 8.57. The van der Waals surface area contributed by atoms with Gasteiger partial charge in [0.2, 0.25) is 0 Å². The van der Waals surface area contributed by atoms with Crippen molar-refractivity contribution in [3.05, 3.63) is 46.5 Å². The molecule has 122 valence electrons. The van der Waals surface area contributed by atoms with Crippen molar-refractivity contribution in [1.82, 2.24) is 4.90 Å². The number of ether oxygens (including phenoxy) is 2. The quantitative estimate of drug-likeness (QED) is 0.471.